The second kappa shape index (κ2) is 20.6. The third-order valence-corrected chi connectivity index (χ3v) is 12.3. The number of piperidine rings is 1. The van der Waals surface area contributed by atoms with Crippen LogP contribution in [0.5, 0.6) is 11.5 Å². The average molecular weight is 812 g/mol. The second-order valence-corrected chi connectivity index (χ2v) is 16.5. The van der Waals surface area contributed by atoms with Gasteiger partial charge in [0, 0.05) is 51.9 Å². The van der Waals surface area contributed by atoms with Crippen molar-refractivity contribution in [2.75, 3.05) is 77.6 Å². The fraction of sp³-hybridized carbons (Fsp3) is 0.543. The summed E-state index contributed by atoms with van der Waals surface area (Å²) in [5.41, 5.74) is 3.94. The highest BCUT2D eigenvalue weighted by Gasteiger charge is 2.42. The largest absolute Gasteiger partial charge is 0.506 e. The van der Waals surface area contributed by atoms with Crippen molar-refractivity contribution in [3.05, 3.63) is 89.0 Å². The minimum absolute atomic E-state index is 0.00831. The molecule has 0 aromatic heterocycles. The van der Waals surface area contributed by atoms with E-state index in [0.29, 0.717) is 82.4 Å². The molecule has 1 spiro atoms. The summed E-state index contributed by atoms with van der Waals surface area (Å²) in [7, 11) is 0. The number of anilines is 1. The van der Waals surface area contributed by atoms with E-state index in [1.807, 2.05) is 24.3 Å². The Bertz CT molecular complexity index is 1860. The Morgan fingerprint density at radius 1 is 0.949 bits per heavy atom. The van der Waals surface area contributed by atoms with E-state index in [1.54, 1.807) is 23.1 Å². The molecule has 2 saturated heterocycles. The SMILES string of the molecule is O=C1COc2c(CCNCCN(C(=O)CCOCCc3cccc(CN4CCC5(CC4)CN(C(=O)C(O)c4ccccc4)CCO5)c3)C3CCCCC3)ccc(O)c2N1. The van der Waals surface area contributed by atoms with Gasteiger partial charge in [-0.1, -0.05) is 79.9 Å². The summed E-state index contributed by atoms with van der Waals surface area (Å²) in [4.78, 5) is 44.8. The van der Waals surface area contributed by atoms with E-state index in [1.165, 1.54) is 17.5 Å². The lowest BCUT2D eigenvalue weighted by molar-refractivity contribution is -0.166. The number of rotatable bonds is 17. The molecule has 3 aromatic carbocycles. The van der Waals surface area contributed by atoms with Crippen LogP contribution in [0.3, 0.4) is 0 Å². The van der Waals surface area contributed by atoms with Crippen LogP contribution in [0.25, 0.3) is 0 Å². The lowest BCUT2D eigenvalue weighted by Crippen LogP contribution is -2.58. The maximum absolute atomic E-state index is 13.5. The smallest absolute Gasteiger partial charge is 0.262 e. The average Bonchev–Trinajstić information content (AvgIpc) is 3.26. The molecular weight excluding hydrogens is 751 g/mol. The van der Waals surface area contributed by atoms with E-state index in [0.717, 1.165) is 70.1 Å². The first-order valence-corrected chi connectivity index (χ1v) is 21.6. The number of benzene rings is 3. The molecule has 1 atom stereocenters. The van der Waals surface area contributed by atoms with Crippen molar-refractivity contribution in [2.45, 2.75) is 88.5 Å². The first-order valence-electron chi connectivity index (χ1n) is 21.6. The first kappa shape index (κ1) is 42.6. The third kappa shape index (κ3) is 11.4. The third-order valence-electron chi connectivity index (χ3n) is 12.3. The highest BCUT2D eigenvalue weighted by Crippen LogP contribution is 2.39. The summed E-state index contributed by atoms with van der Waals surface area (Å²) in [5, 5.41) is 27.1. The number of carbonyl (C=O) groups is 3. The molecule has 3 heterocycles. The topological polar surface area (TPSA) is 153 Å². The Hall–Kier alpha value is -4.53. The summed E-state index contributed by atoms with van der Waals surface area (Å²) in [6, 6.07) is 21.4. The van der Waals surface area contributed by atoms with Gasteiger partial charge in [0.1, 0.15) is 11.4 Å². The predicted octanol–water partition coefficient (Wildman–Crippen LogP) is 4.59. The molecule has 1 saturated carbocycles. The molecule has 3 fully saturated rings. The van der Waals surface area contributed by atoms with Gasteiger partial charge in [-0.05, 0) is 73.4 Å². The molecule has 13 nitrogen and oxygen atoms in total. The van der Waals surface area contributed by atoms with Gasteiger partial charge in [-0.2, -0.15) is 0 Å². The number of amides is 3. The summed E-state index contributed by atoms with van der Waals surface area (Å²) < 4.78 is 18.0. The van der Waals surface area contributed by atoms with Gasteiger partial charge in [-0.3, -0.25) is 19.3 Å². The normalized spacial score (nSPS) is 18.8. The van der Waals surface area contributed by atoms with Gasteiger partial charge in [-0.15, -0.1) is 0 Å². The van der Waals surface area contributed by atoms with Crippen LogP contribution in [0.2, 0.25) is 0 Å². The lowest BCUT2D eigenvalue weighted by atomic mass is 9.88. The first-order chi connectivity index (χ1) is 28.8. The van der Waals surface area contributed by atoms with Crippen LogP contribution in [0.1, 0.15) is 79.7 Å². The molecule has 7 rings (SSSR count). The van der Waals surface area contributed by atoms with Gasteiger partial charge in [0.05, 0.1) is 31.8 Å². The maximum atomic E-state index is 13.5. The van der Waals surface area contributed by atoms with Crippen molar-refractivity contribution < 1.29 is 38.8 Å². The van der Waals surface area contributed by atoms with Crippen LogP contribution in [0, 0.1) is 0 Å². The van der Waals surface area contributed by atoms with Crippen molar-refractivity contribution in [3.63, 3.8) is 0 Å². The van der Waals surface area contributed by atoms with Gasteiger partial charge in [-0.25, -0.2) is 0 Å². The number of hydrogen-bond donors (Lipinski definition) is 4. The van der Waals surface area contributed by atoms with E-state index in [9.17, 15) is 24.6 Å². The van der Waals surface area contributed by atoms with E-state index in [2.05, 4.69) is 44.7 Å². The number of ether oxygens (including phenoxy) is 3. The van der Waals surface area contributed by atoms with Crippen LogP contribution in [0.4, 0.5) is 5.69 Å². The number of hydrogen-bond acceptors (Lipinski definition) is 10. The molecule has 3 aliphatic heterocycles. The molecule has 1 unspecified atom stereocenters. The Labute approximate surface area is 348 Å². The number of morpholine rings is 1. The van der Waals surface area contributed by atoms with Crippen molar-refractivity contribution in [3.8, 4) is 11.5 Å². The van der Waals surface area contributed by atoms with Crippen LogP contribution in [-0.2, 0) is 43.2 Å². The number of aliphatic hydroxyl groups excluding tert-OH is 1. The number of phenols is 1. The van der Waals surface area contributed by atoms with Gasteiger partial charge in [0.25, 0.3) is 11.8 Å². The van der Waals surface area contributed by atoms with E-state index >= 15 is 0 Å². The number of nitrogens with one attached hydrogen (secondary N) is 2. The van der Waals surface area contributed by atoms with E-state index in [4.69, 9.17) is 14.2 Å². The Kier molecular flexibility index (Phi) is 14.9. The number of aromatic hydroxyl groups is 1. The summed E-state index contributed by atoms with van der Waals surface area (Å²) in [6.07, 6.45) is 7.90. The molecule has 13 heteroatoms. The van der Waals surface area contributed by atoms with Crippen LogP contribution in [0.15, 0.2) is 66.7 Å². The molecule has 3 amide bonds. The van der Waals surface area contributed by atoms with E-state index < -0.39 is 6.10 Å². The van der Waals surface area contributed by atoms with E-state index in [-0.39, 0.29) is 41.7 Å². The fourth-order valence-electron chi connectivity index (χ4n) is 9.00. The molecule has 318 valence electrons. The molecule has 0 bridgehead atoms. The molecule has 0 radical (unpaired) electrons. The Morgan fingerprint density at radius 2 is 1.75 bits per heavy atom. The van der Waals surface area contributed by atoms with Gasteiger partial charge >= 0.3 is 0 Å². The maximum Gasteiger partial charge on any atom is 0.262 e. The Balaban J connectivity index is 0.810. The number of fused-ring (bicyclic) bond motifs is 1. The van der Waals surface area contributed by atoms with Gasteiger partial charge in [0.15, 0.2) is 18.5 Å². The van der Waals surface area contributed by atoms with Crippen molar-refractivity contribution in [1.82, 2.24) is 20.0 Å². The number of likely N-dealkylation sites (tertiary alicyclic amines) is 1. The van der Waals surface area contributed by atoms with Crippen LogP contribution < -0.4 is 15.4 Å². The van der Waals surface area contributed by atoms with Crippen molar-refractivity contribution in [1.29, 1.82) is 0 Å². The summed E-state index contributed by atoms with van der Waals surface area (Å²) in [6.45, 7) is 6.91. The molecule has 3 aromatic rings. The number of carbonyl (C=O) groups excluding carboxylic acids is 3. The van der Waals surface area contributed by atoms with Gasteiger partial charge < -0.3 is 44.9 Å². The zero-order valence-electron chi connectivity index (χ0n) is 34.2. The van der Waals surface area contributed by atoms with Crippen LogP contribution in [-0.4, -0.2) is 127 Å². The molecule has 1 aliphatic carbocycles. The molecule has 4 aliphatic rings. The quantitative estimate of drug-likeness (QED) is 0.113. The number of aliphatic hydroxyl groups is 1. The minimum Gasteiger partial charge on any atom is -0.506 e. The number of nitrogens with zero attached hydrogens (tertiary/aromatic N) is 3. The van der Waals surface area contributed by atoms with Crippen molar-refractivity contribution >= 4 is 23.4 Å². The van der Waals surface area contributed by atoms with Crippen molar-refractivity contribution in [2.24, 2.45) is 0 Å². The zero-order chi connectivity index (χ0) is 41.0. The summed E-state index contributed by atoms with van der Waals surface area (Å²) in [5.74, 6) is 0.113. The predicted molar refractivity (Wildman–Crippen MR) is 224 cm³/mol. The molecular formula is C46H61N5O8. The van der Waals surface area contributed by atoms with Gasteiger partial charge in [0.2, 0.25) is 5.91 Å². The number of phenolic OH excluding ortho intramolecular Hbond substituents is 1. The summed E-state index contributed by atoms with van der Waals surface area (Å²) >= 11 is 0. The fourth-order valence-corrected chi connectivity index (χ4v) is 9.00. The Morgan fingerprint density at radius 3 is 2.56 bits per heavy atom. The molecule has 4 N–H and O–H groups in total. The molecule has 59 heavy (non-hydrogen) atoms. The van der Waals surface area contributed by atoms with Crippen LogP contribution >= 0.6 is 0 Å². The standard InChI is InChI=1S/C46H61N5O8/c52-39-15-14-37(44-42(39)48-40(53)32-58-44)16-21-47-22-25-51(38-12-5-2-6-13-38)41(54)18-28-57-27-17-34-8-7-9-35(30-34)31-49-23-19-46(20-24-49)33-50(26-29-59-46)45(56)43(55)36-10-3-1-4-11-36/h1,3-4,7-11,14-15,30,38,43,47,52,55H,2,5-6,12-13,16-29,31-33H2,(H,48,53). The second-order valence-electron chi connectivity index (χ2n) is 16.5. The highest BCUT2D eigenvalue weighted by atomic mass is 16.5. The zero-order valence-corrected chi connectivity index (χ0v) is 34.2. The monoisotopic (exact) mass is 811 g/mol. The minimum atomic E-state index is -1.16. The lowest BCUT2D eigenvalue weighted by Gasteiger charge is -2.47. The highest BCUT2D eigenvalue weighted by molar-refractivity contribution is 5.97.